The number of hydrogen-bond acceptors (Lipinski definition) is 6. The number of ether oxygens (including phenoxy) is 1. The van der Waals surface area contributed by atoms with Gasteiger partial charge in [-0.1, -0.05) is 34.9 Å². The van der Waals surface area contributed by atoms with Crippen molar-refractivity contribution in [1.29, 1.82) is 0 Å². The average Bonchev–Trinajstić information content (AvgIpc) is 2.98. The quantitative estimate of drug-likeness (QED) is 0.786. The van der Waals surface area contributed by atoms with Gasteiger partial charge < -0.3 is 4.74 Å². The number of sulfone groups is 1. The molecule has 8 heteroatoms. The van der Waals surface area contributed by atoms with E-state index in [9.17, 15) is 8.42 Å². The molecular weight excluding hydrogens is 304 g/mol. The van der Waals surface area contributed by atoms with Crippen LogP contribution < -0.4 is 0 Å². The van der Waals surface area contributed by atoms with Gasteiger partial charge in [-0.15, -0.1) is 0 Å². The number of para-hydroxylation sites is 1. The van der Waals surface area contributed by atoms with Crippen molar-refractivity contribution in [2.75, 3.05) is 12.4 Å². The van der Waals surface area contributed by atoms with Crippen LogP contribution in [0.15, 0.2) is 47.1 Å². The standard InChI is InChI=1S/C14H16N4O3S/c1-11-7-8-21-13(9-11)10-22(19,20)14-15-16-17-18(14)12-5-3-2-4-6-12/h2-7,13H,8-10H2,1H3/t13-/m0/s1. The van der Waals surface area contributed by atoms with Crippen LogP contribution in [0.4, 0.5) is 0 Å². The summed E-state index contributed by atoms with van der Waals surface area (Å²) in [4.78, 5) is 0. The Balaban J connectivity index is 1.88. The third-order valence-electron chi connectivity index (χ3n) is 3.44. The summed E-state index contributed by atoms with van der Waals surface area (Å²) in [6.45, 7) is 2.41. The molecule has 1 aliphatic heterocycles. The SMILES string of the molecule is CC1=CCO[C@H](CS(=O)(=O)c2nnnn2-c2ccccc2)C1. The van der Waals surface area contributed by atoms with E-state index < -0.39 is 9.84 Å². The summed E-state index contributed by atoms with van der Waals surface area (Å²) < 4.78 is 31.9. The van der Waals surface area contributed by atoms with Gasteiger partial charge in [0.05, 0.1) is 24.2 Å². The van der Waals surface area contributed by atoms with Crippen molar-refractivity contribution in [2.45, 2.75) is 24.6 Å². The van der Waals surface area contributed by atoms with Gasteiger partial charge in [0.25, 0.3) is 5.16 Å². The molecule has 3 rings (SSSR count). The summed E-state index contributed by atoms with van der Waals surface area (Å²) in [5.41, 5.74) is 1.74. The van der Waals surface area contributed by atoms with Crippen molar-refractivity contribution < 1.29 is 13.2 Å². The van der Waals surface area contributed by atoms with E-state index in [4.69, 9.17) is 4.74 Å². The van der Waals surface area contributed by atoms with Gasteiger partial charge in [0.15, 0.2) is 0 Å². The highest BCUT2D eigenvalue weighted by molar-refractivity contribution is 7.91. The molecule has 0 spiro atoms. The summed E-state index contributed by atoms with van der Waals surface area (Å²) in [6, 6.07) is 8.93. The topological polar surface area (TPSA) is 87.0 Å². The summed E-state index contributed by atoms with van der Waals surface area (Å²) >= 11 is 0. The number of aromatic nitrogens is 4. The molecule has 116 valence electrons. The normalized spacial score (nSPS) is 19.0. The molecule has 0 saturated carbocycles. The van der Waals surface area contributed by atoms with E-state index in [1.54, 1.807) is 24.3 Å². The van der Waals surface area contributed by atoms with E-state index in [0.717, 1.165) is 5.57 Å². The number of rotatable bonds is 4. The highest BCUT2D eigenvalue weighted by Gasteiger charge is 2.29. The van der Waals surface area contributed by atoms with Crippen molar-refractivity contribution in [2.24, 2.45) is 0 Å². The molecular formula is C14H16N4O3S. The zero-order valence-electron chi connectivity index (χ0n) is 12.1. The number of hydrogen-bond donors (Lipinski definition) is 0. The Morgan fingerprint density at radius 2 is 2.09 bits per heavy atom. The van der Waals surface area contributed by atoms with E-state index in [1.165, 1.54) is 4.68 Å². The molecule has 1 aromatic heterocycles. The van der Waals surface area contributed by atoms with Crippen LogP contribution in [-0.4, -0.2) is 47.1 Å². The predicted molar refractivity (Wildman–Crippen MR) is 79.3 cm³/mol. The molecule has 22 heavy (non-hydrogen) atoms. The van der Waals surface area contributed by atoms with Crippen LogP contribution in [0.1, 0.15) is 13.3 Å². The molecule has 1 atom stereocenters. The second kappa shape index (κ2) is 5.98. The maximum Gasteiger partial charge on any atom is 0.272 e. The summed E-state index contributed by atoms with van der Waals surface area (Å²) in [5.74, 6) is -0.134. The highest BCUT2D eigenvalue weighted by Crippen LogP contribution is 2.19. The first-order valence-corrected chi connectivity index (χ1v) is 8.55. The van der Waals surface area contributed by atoms with Gasteiger partial charge in [-0.05, 0) is 35.9 Å². The first kappa shape index (κ1) is 14.9. The molecule has 0 bridgehead atoms. The van der Waals surface area contributed by atoms with Crippen LogP contribution in [-0.2, 0) is 14.6 Å². The van der Waals surface area contributed by atoms with Crippen molar-refractivity contribution in [3.8, 4) is 5.69 Å². The molecule has 0 saturated heterocycles. The molecule has 0 unspecified atom stereocenters. The van der Waals surface area contributed by atoms with Gasteiger partial charge >= 0.3 is 0 Å². The van der Waals surface area contributed by atoms with Crippen LogP contribution in [0.5, 0.6) is 0 Å². The first-order valence-electron chi connectivity index (χ1n) is 6.90. The third-order valence-corrected chi connectivity index (χ3v) is 5.06. The average molecular weight is 320 g/mol. The minimum atomic E-state index is -3.64. The Labute approximate surface area is 128 Å². The van der Waals surface area contributed by atoms with Crippen molar-refractivity contribution in [3.63, 3.8) is 0 Å². The van der Waals surface area contributed by atoms with Crippen LogP contribution >= 0.6 is 0 Å². The third kappa shape index (κ3) is 3.07. The molecule has 1 aromatic carbocycles. The maximum atomic E-state index is 12.6. The lowest BCUT2D eigenvalue weighted by molar-refractivity contribution is 0.0805. The molecule has 2 heterocycles. The molecule has 1 aliphatic rings. The fraction of sp³-hybridized carbons (Fsp3) is 0.357. The Bertz CT molecular complexity index is 783. The van der Waals surface area contributed by atoms with Crippen molar-refractivity contribution in [1.82, 2.24) is 20.2 Å². The highest BCUT2D eigenvalue weighted by atomic mass is 32.2. The van der Waals surface area contributed by atoms with Crippen molar-refractivity contribution >= 4 is 9.84 Å². The minimum absolute atomic E-state index is 0.134. The number of nitrogens with zero attached hydrogens (tertiary/aromatic N) is 4. The Hall–Kier alpha value is -2.06. The second-order valence-corrected chi connectivity index (χ2v) is 7.13. The lowest BCUT2D eigenvalue weighted by Crippen LogP contribution is -2.28. The molecule has 0 radical (unpaired) electrons. The van der Waals surface area contributed by atoms with Gasteiger partial charge in [0.1, 0.15) is 0 Å². The lowest BCUT2D eigenvalue weighted by atomic mass is 10.1. The van der Waals surface area contributed by atoms with Crippen LogP contribution in [0, 0.1) is 0 Å². The molecule has 0 aliphatic carbocycles. The monoisotopic (exact) mass is 320 g/mol. The van der Waals surface area contributed by atoms with Gasteiger partial charge in [-0.25, -0.2) is 8.42 Å². The molecule has 0 amide bonds. The fourth-order valence-corrected chi connectivity index (χ4v) is 3.78. The zero-order valence-corrected chi connectivity index (χ0v) is 12.9. The van der Waals surface area contributed by atoms with Gasteiger partial charge in [0, 0.05) is 0 Å². The number of benzene rings is 1. The van der Waals surface area contributed by atoms with E-state index in [0.29, 0.717) is 18.7 Å². The van der Waals surface area contributed by atoms with E-state index in [2.05, 4.69) is 15.5 Å². The summed E-state index contributed by atoms with van der Waals surface area (Å²) in [7, 11) is -3.64. The molecule has 0 fully saturated rings. The zero-order chi connectivity index (χ0) is 15.6. The second-order valence-electron chi connectivity index (χ2n) is 5.20. The Morgan fingerprint density at radius 3 is 2.82 bits per heavy atom. The predicted octanol–water partition coefficient (Wildman–Crippen LogP) is 1.17. The first-order chi connectivity index (χ1) is 10.6. The summed E-state index contributed by atoms with van der Waals surface area (Å²) in [5, 5.41) is 10.8. The smallest absolute Gasteiger partial charge is 0.272 e. The Kier molecular flexibility index (Phi) is 4.04. The maximum absolute atomic E-state index is 12.6. The molecule has 7 nitrogen and oxygen atoms in total. The van der Waals surface area contributed by atoms with Crippen molar-refractivity contribution in [3.05, 3.63) is 42.0 Å². The lowest BCUT2D eigenvalue weighted by Gasteiger charge is -2.21. The molecule has 0 N–H and O–H groups in total. The Morgan fingerprint density at radius 1 is 1.32 bits per heavy atom. The van der Waals surface area contributed by atoms with Crippen LogP contribution in [0.2, 0.25) is 0 Å². The van der Waals surface area contributed by atoms with Gasteiger partial charge in [-0.2, -0.15) is 4.68 Å². The van der Waals surface area contributed by atoms with Gasteiger partial charge in [-0.3, -0.25) is 0 Å². The molecule has 2 aromatic rings. The largest absolute Gasteiger partial charge is 0.373 e. The van der Waals surface area contributed by atoms with E-state index in [-0.39, 0.29) is 17.0 Å². The van der Waals surface area contributed by atoms with Crippen LogP contribution in [0.25, 0.3) is 5.69 Å². The van der Waals surface area contributed by atoms with Gasteiger partial charge in [0.2, 0.25) is 9.84 Å². The van der Waals surface area contributed by atoms with E-state index >= 15 is 0 Å². The number of tetrazole rings is 1. The van der Waals surface area contributed by atoms with Crippen LogP contribution in [0.3, 0.4) is 0 Å². The fourth-order valence-electron chi connectivity index (χ4n) is 2.36. The van der Waals surface area contributed by atoms with E-state index in [1.807, 2.05) is 19.1 Å². The summed E-state index contributed by atoms with van der Waals surface area (Å²) in [6.07, 6.45) is 2.19. The minimum Gasteiger partial charge on any atom is -0.373 e.